The molecule has 0 bridgehead atoms. The lowest BCUT2D eigenvalue weighted by atomic mass is 9.88. The first-order chi connectivity index (χ1) is 11.4. The van der Waals surface area contributed by atoms with Crippen LogP contribution in [-0.4, -0.2) is 23.9 Å². The van der Waals surface area contributed by atoms with Crippen LogP contribution in [0.1, 0.15) is 40.8 Å². The Balaban J connectivity index is 2.12. The van der Waals surface area contributed by atoms with Gasteiger partial charge < -0.3 is 16.4 Å². The highest BCUT2D eigenvalue weighted by Gasteiger charge is 2.28. The van der Waals surface area contributed by atoms with Gasteiger partial charge in [0.05, 0.1) is 10.4 Å². The van der Waals surface area contributed by atoms with Crippen LogP contribution >= 0.6 is 11.3 Å². The van der Waals surface area contributed by atoms with Gasteiger partial charge >= 0.3 is 0 Å². The molecule has 4 N–H and O–H groups in total. The fourth-order valence-electron chi connectivity index (χ4n) is 2.10. The second-order valence-electron chi connectivity index (χ2n) is 6.24. The normalized spacial score (nSPS) is 13.4. The van der Waals surface area contributed by atoms with Crippen molar-refractivity contribution in [2.75, 3.05) is 11.9 Å². The third-order valence-corrected chi connectivity index (χ3v) is 5.09. The fraction of sp³-hybridized carbons (Fsp3) is 0.333. The van der Waals surface area contributed by atoms with Gasteiger partial charge in [-0.1, -0.05) is 26.0 Å². The summed E-state index contributed by atoms with van der Waals surface area (Å²) < 4.78 is 0. The van der Waals surface area contributed by atoms with Crippen LogP contribution in [0.4, 0.5) is 5.69 Å². The van der Waals surface area contributed by atoms with Gasteiger partial charge in [0.15, 0.2) is 0 Å². The molecule has 0 aliphatic carbocycles. The number of amides is 2. The Kier molecular flexibility index (Phi) is 5.75. The van der Waals surface area contributed by atoms with Crippen LogP contribution in [0.15, 0.2) is 41.8 Å². The van der Waals surface area contributed by atoms with Crippen molar-refractivity contribution < 1.29 is 9.59 Å². The number of carbonyl (C=O) groups excluding carboxylic acids is 2. The van der Waals surface area contributed by atoms with Gasteiger partial charge in [-0.25, -0.2) is 0 Å². The molecule has 1 aromatic heterocycles. The van der Waals surface area contributed by atoms with Crippen LogP contribution in [0, 0.1) is 5.92 Å². The average molecular weight is 345 g/mol. The molecule has 0 spiro atoms. The van der Waals surface area contributed by atoms with Crippen molar-refractivity contribution in [1.82, 2.24) is 5.32 Å². The van der Waals surface area contributed by atoms with E-state index in [2.05, 4.69) is 10.6 Å². The van der Waals surface area contributed by atoms with Crippen molar-refractivity contribution in [3.63, 3.8) is 0 Å². The van der Waals surface area contributed by atoms with E-state index in [0.29, 0.717) is 22.7 Å². The van der Waals surface area contributed by atoms with Crippen LogP contribution < -0.4 is 16.4 Å². The summed E-state index contributed by atoms with van der Waals surface area (Å²) in [4.78, 5) is 25.2. The lowest BCUT2D eigenvalue weighted by molar-refractivity contribution is 0.0882. The van der Waals surface area contributed by atoms with Gasteiger partial charge in [0.1, 0.15) is 0 Å². The first kappa shape index (κ1) is 18.2. The lowest BCUT2D eigenvalue weighted by Crippen LogP contribution is -2.55. The molecule has 0 radical (unpaired) electrons. The zero-order chi connectivity index (χ0) is 17.7. The number of thiophene rings is 1. The summed E-state index contributed by atoms with van der Waals surface area (Å²) in [5, 5.41) is 7.64. The van der Waals surface area contributed by atoms with E-state index in [1.54, 1.807) is 30.3 Å². The minimum absolute atomic E-state index is 0.184. The molecule has 2 aromatic rings. The van der Waals surface area contributed by atoms with Gasteiger partial charge in [-0.2, -0.15) is 0 Å². The summed E-state index contributed by atoms with van der Waals surface area (Å²) in [6.45, 7) is 6.32. The number of hydrogen-bond donors (Lipinski definition) is 3. The highest BCUT2D eigenvalue weighted by atomic mass is 32.1. The summed E-state index contributed by atoms with van der Waals surface area (Å²) in [7, 11) is 0. The Morgan fingerprint density at radius 3 is 2.54 bits per heavy atom. The molecule has 5 nitrogen and oxygen atoms in total. The van der Waals surface area contributed by atoms with Crippen molar-refractivity contribution in [2.45, 2.75) is 26.3 Å². The number of carbonyl (C=O) groups is 2. The molecular weight excluding hydrogens is 322 g/mol. The smallest absolute Gasteiger partial charge is 0.265 e. The summed E-state index contributed by atoms with van der Waals surface area (Å²) in [6.07, 6.45) is 0. The summed E-state index contributed by atoms with van der Waals surface area (Å²) in [5.74, 6) is -0.187. The molecule has 1 heterocycles. The first-order valence-corrected chi connectivity index (χ1v) is 8.71. The first-order valence-electron chi connectivity index (χ1n) is 7.83. The van der Waals surface area contributed by atoms with Crippen molar-refractivity contribution in [2.24, 2.45) is 11.7 Å². The fourth-order valence-corrected chi connectivity index (χ4v) is 2.72. The number of benzene rings is 1. The molecule has 0 aliphatic heterocycles. The van der Waals surface area contributed by atoms with E-state index in [1.165, 1.54) is 11.3 Å². The van der Waals surface area contributed by atoms with E-state index in [9.17, 15) is 9.59 Å². The van der Waals surface area contributed by atoms with Gasteiger partial charge in [-0.15, -0.1) is 11.3 Å². The maximum Gasteiger partial charge on any atom is 0.265 e. The predicted molar refractivity (Wildman–Crippen MR) is 98.5 cm³/mol. The van der Waals surface area contributed by atoms with Crippen LogP contribution in [0.5, 0.6) is 0 Å². The molecule has 6 heteroatoms. The van der Waals surface area contributed by atoms with Gasteiger partial charge in [0.2, 0.25) is 0 Å². The minimum Gasteiger partial charge on any atom is -0.345 e. The number of nitrogens with two attached hydrogens (primary N) is 1. The molecule has 1 aromatic carbocycles. The second-order valence-corrected chi connectivity index (χ2v) is 7.19. The molecule has 0 fully saturated rings. The monoisotopic (exact) mass is 345 g/mol. The Hall–Kier alpha value is -2.18. The van der Waals surface area contributed by atoms with Gasteiger partial charge in [0, 0.05) is 17.8 Å². The van der Waals surface area contributed by atoms with Crippen molar-refractivity contribution >= 4 is 28.8 Å². The summed E-state index contributed by atoms with van der Waals surface area (Å²) in [6, 6.07) is 10.5. The van der Waals surface area contributed by atoms with Crippen molar-refractivity contribution in [1.29, 1.82) is 0 Å². The Bertz CT molecular complexity index is 713. The lowest BCUT2D eigenvalue weighted by Gasteiger charge is -2.33. The van der Waals surface area contributed by atoms with E-state index in [0.717, 1.165) is 0 Å². The van der Waals surface area contributed by atoms with Gasteiger partial charge in [0.25, 0.3) is 11.8 Å². The number of nitrogens with one attached hydrogen (secondary N) is 2. The highest BCUT2D eigenvalue weighted by molar-refractivity contribution is 7.12. The summed E-state index contributed by atoms with van der Waals surface area (Å²) in [5.41, 5.74) is 6.40. The third kappa shape index (κ3) is 4.21. The highest BCUT2D eigenvalue weighted by Crippen LogP contribution is 2.18. The zero-order valence-corrected chi connectivity index (χ0v) is 14.9. The van der Waals surface area contributed by atoms with Crippen LogP contribution in [0.2, 0.25) is 0 Å². The second kappa shape index (κ2) is 7.59. The molecule has 2 amide bonds. The number of rotatable bonds is 6. The number of anilines is 1. The number of hydrogen-bond acceptors (Lipinski definition) is 4. The molecule has 24 heavy (non-hydrogen) atoms. The van der Waals surface area contributed by atoms with E-state index in [1.807, 2.05) is 32.2 Å². The topological polar surface area (TPSA) is 84.2 Å². The van der Waals surface area contributed by atoms with Gasteiger partial charge in [-0.05, 0) is 42.5 Å². The maximum atomic E-state index is 12.5. The van der Waals surface area contributed by atoms with Crippen LogP contribution in [0.25, 0.3) is 0 Å². The van der Waals surface area contributed by atoms with E-state index < -0.39 is 5.54 Å². The molecule has 1 atom stereocenters. The minimum atomic E-state index is -0.479. The Morgan fingerprint density at radius 2 is 1.96 bits per heavy atom. The Morgan fingerprint density at radius 1 is 1.21 bits per heavy atom. The molecular formula is C18H23N3O2S. The van der Waals surface area contributed by atoms with Crippen molar-refractivity contribution in [3.8, 4) is 0 Å². The largest absolute Gasteiger partial charge is 0.345 e. The van der Waals surface area contributed by atoms with Crippen molar-refractivity contribution in [3.05, 3.63) is 52.2 Å². The molecule has 0 saturated heterocycles. The third-order valence-electron chi connectivity index (χ3n) is 4.22. The van der Waals surface area contributed by atoms with Gasteiger partial charge in [-0.3, -0.25) is 9.59 Å². The quantitative estimate of drug-likeness (QED) is 0.752. The van der Waals surface area contributed by atoms with E-state index >= 15 is 0 Å². The SMILES string of the molecule is CC(C)C(C)(CN)NC(=O)c1cccc(NC(=O)c2cccs2)c1. The molecule has 1 unspecified atom stereocenters. The molecule has 2 rings (SSSR count). The molecule has 128 valence electrons. The van der Waals surface area contributed by atoms with Crippen LogP contribution in [0.3, 0.4) is 0 Å². The maximum absolute atomic E-state index is 12.5. The molecule has 0 saturated carbocycles. The van der Waals surface area contributed by atoms with Crippen LogP contribution in [-0.2, 0) is 0 Å². The average Bonchev–Trinajstić information content (AvgIpc) is 3.09. The van der Waals surface area contributed by atoms with E-state index in [-0.39, 0.29) is 17.7 Å². The molecule has 0 aliphatic rings. The van der Waals surface area contributed by atoms with E-state index in [4.69, 9.17) is 5.73 Å². The standard InChI is InChI=1S/C18H23N3O2S/c1-12(2)18(3,11-19)21-16(22)13-6-4-7-14(10-13)20-17(23)15-8-5-9-24-15/h4-10,12H,11,19H2,1-3H3,(H,20,23)(H,21,22). The zero-order valence-electron chi connectivity index (χ0n) is 14.1. The summed E-state index contributed by atoms with van der Waals surface area (Å²) >= 11 is 1.37. The Labute approximate surface area is 146 Å². The predicted octanol–water partition coefficient (Wildman–Crippen LogP) is 3.10.